The van der Waals surface area contributed by atoms with Gasteiger partial charge in [0.1, 0.15) is 0 Å². The third-order valence-corrected chi connectivity index (χ3v) is 3.73. The quantitative estimate of drug-likeness (QED) is 0.784. The number of nitrogens with zero attached hydrogens (tertiary/aromatic N) is 1. The second-order valence-electron chi connectivity index (χ2n) is 5.50. The zero-order chi connectivity index (χ0) is 15.2. The lowest BCUT2D eigenvalue weighted by molar-refractivity contribution is -0.167. The molecule has 2 rings (SSSR count). The van der Waals surface area contributed by atoms with Crippen molar-refractivity contribution in [3.05, 3.63) is 0 Å². The smallest absolute Gasteiger partial charge is 0.334 e. The van der Waals surface area contributed by atoms with E-state index in [-0.39, 0.29) is 31.1 Å². The highest BCUT2D eigenvalue weighted by atomic mass is 16.5. The van der Waals surface area contributed by atoms with Gasteiger partial charge >= 0.3 is 5.97 Å². The van der Waals surface area contributed by atoms with E-state index in [0.717, 1.165) is 12.8 Å². The number of morpholine rings is 1. The summed E-state index contributed by atoms with van der Waals surface area (Å²) in [5.41, 5.74) is 0. The Morgan fingerprint density at radius 1 is 1.29 bits per heavy atom. The van der Waals surface area contributed by atoms with Gasteiger partial charge < -0.3 is 24.2 Å². The lowest BCUT2D eigenvalue weighted by atomic mass is 10.1. The molecule has 0 aromatic heterocycles. The molecule has 2 fully saturated rings. The van der Waals surface area contributed by atoms with E-state index in [1.54, 1.807) is 11.8 Å². The Morgan fingerprint density at radius 2 is 2.00 bits per heavy atom. The van der Waals surface area contributed by atoms with Gasteiger partial charge in [-0.3, -0.25) is 4.79 Å². The van der Waals surface area contributed by atoms with Gasteiger partial charge in [0.2, 0.25) is 5.91 Å². The maximum atomic E-state index is 12.1. The van der Waals surface area contributed by atoms with Crippen LogP contribution in [0, 0.1) is 0 Å². The second kappa shape index (κ2) is 7.72. The Bertz CT molecular complexity index is 368. The molecule has 0 radical (unpaired) electrons. The standard InChI is InChI=1S/C14H23NO6/c1-10-8-15(9-12(21-10)14(17)18)13(16)4-7-20-11-2-5-19-6-3-11/h10-12H,2-9H2,1H3,(H,17,18)/t10-,12?/m1/s1. The fourth-order valence-corrected chi connectivity index (χ4v) is 2.61. The van der Waals surface area contributed by atoms with E-state index in [1.807, 2.05) is 0 Å². The average molecular weight is 301 g/mol. The summed E-state index contributed by atoms with van der Waals surface area (Å²) in [5.74, 6) is -1.11. The maximum Gasteiger partial charge on any atom is 0.334 e. The van der Waals surface area contributed by atoms with Gasteiger partial charge in [0.05, 0.1) is 31.8 Å². The number of ether oxygens (including phenoxy) is 3. The molecular formula is C14H23NO6. The Morgan fingerprint density at radius 3 is 2.67 bits per heavy atom. The lowest BCUT2D eigenvalue weighted by Crippen LogP contribution is -2.52. The van der Waals surface area contributed by atoms with Gasteiger partial charge in [0.15, 0.2) is 6.10 Å². The zero-order valence-electron chi connectivity index (χ0n) is 12.3. The highest BCUT2D eigenvalue weighted by Gasteiger charge is 2.32. The zero-order valence-corrected chi connectivity index (χ0v) is 12.3. The van der Waals surface area contributed by atoms with E-state index in [2.05, 4.69) is 0 Å². The molecule has 0 aromatic carbocycles. The fourth-order valence-electron chi connectivity index (χ4n) is 2.61. The van der Waals surface area contributed by atoms with Crippen LogP contribution in [0.1, 0.15) is 26.2 Å². The molecule has 0 spiro atoms. The Hall–Kier alpha value is -1.18. The van der Waals surface area contributed by atoms with Crippen LogP contribution in [0.15, 0.2) is 0 Å². The summed E-state index contributed by atoms with van der Waals surface area (Å²) in [7, 11) is 0. The minimum absolute atomic E-state index is 0.0801. The summed E-state index contributed by atoms with van der Waals surface area (Å²) in [6.07, 6.45) is 0.973. The number of carbonyl (C=O) groups excluding carboxylic acids is 1. The van der Waals surface area contributed by atoms with E-state index in [4.69, 9.17) is 19.3 Å². The number of hydrogen-bond acceptors (Lipinski definition) is 5. The number of hydrogen-bond donors (Lipinski definition) is 1. The van der Waals surface area contributed by atoms with Crippen molar-refractivity contribution in [1.29, 1.82) is 0 Å². The molecule has 2 aliphatic heterocycles. The number of aliphatic carboxylic acids is 1. The number of carbonyl (C=O) groups is 2. The Balaban J connectivity index is 1.72. The fraction of sp³-hybridized carbons (Fsp3) is 0.857. The molecule has 0 bridgehead atoms. The molecule has 0 saturated carbocycles. The van der Waals surface area contributed by atoms with Gasteiger partial charge in [-0.15, -0.1) is 0 Å². The van der Waals surface area contributed by atoms with Crippen molar-refractivity contribution >= 4 is 11.9 Å². The molecule has 21 heavy (non-hydrogen) atoms. The van der Waals surface area contributed by atoms with Crippen LogP contribution in [0.3, 0.4) is 0 Å². The molecule has 2 aliphatic rings. The van der Waals surface area contributed by atoms with Crippen molar-refractivity contribution in [2.75, 3.05) is 32.9 Å². The second-order valence-corrected chi connectivity index (χ2v) is 5.50. The molecule has 120 valence electrons. The van der Waals surface area contributed by atoms with E-state index < -0.39 is 12.1 Å². The summed E-state index contributed by atoms with van der Waals surface area (Å²) in [6, 6.07) is 0. The Labute approximate surface area is 124 Å². The first-order chi connectivity index (χ1) is 10.1. The monoisotopic (exact) mass is 301 g/mol. The van der Waals surface area contributed by atoms with Gasteiger partial charge in [-0.25, -0.2) is 4.79 Å². The molecule has 2 heterocycles. The largest absolute Gasteiger partial charge is 0.479 e. The predicted octanol–water partition coefficient (Wildman–Crippen LogP) is 0.273. The van der Waals surface area contributed by atoms with E-state index in [0.29, 0.717) is 26.4 Å². The summed E-state index contributed by atoms with van der Waals surface area (Å²) >= 11 is 0. The number of rotatable bonds is 5. The van der Waals surface area contributed by atoms with Crippen molar-refractivity contribution in [2.45, 2.75) is 44.5 Å². The van der Waals surface area contributed by atoms with Crippen LogP contribution in [-0.4, -0.2) is 73.1 Å². The molecule has 0 aliphatic carbocycles. The van der Waals surface area contributed by atoms with Gasteiger partial charge in [-0.2, -0.15) is 0 Å². The lowest BCUT2D eigenvalue weighted by Gasteiger charge is -2.35. The van der Waals surface area contributed by atoms with Crippen LogP contribution >= 0.6 is 0 Å². The number of amides is 1. The third-order valence-electron chi connectivity index (χ3n) is 3.73. The molecule has 2 atom stereocenters. The summed E-state index contributed by atoms with van der Waals surface area (Å²) in [6.45, 7) is 4.09. The topological polar surface area (TPSA) is 85.3 Å². The van der Waals surface area contributed by atoms with Crippen LogP contribution in [-0.2, 0) is 23.8 Å². The SMILES string of the molecule is C[C@@H]1CN(C(=O)CCOC2CCOCC2)CC(C(=O)O)O1. The van der Waals surface area contributed by atoms with Gasteiger partial charge in [-0.05, 0) is 19.8 Å². The van der Waals surface area contributed by atoms with Crippen molar-refractivity contribution in [1.82, 2.24) is 4.90 Å². The van der Waals surface area contributed by atoms with Crippen molar-refractivity contribution in [3.63, 3.8) is 0 Å². The number of carboxylic acid groups (broad SMARTS) is 1. The minimum atomic E-state index is -1.03. The molecule has 1 amide bonds. The van der Waals surface area contributed by atoms with Crippen LogP contribution < -0.4 is 0 Å². The summed E-state index contributed by atoms with van der Waals surface area (Å²) in [5, 5.41) is 9.00. The van der Waals surface area contributed by atoms with Crippen LogP contribution in [0.5, 0.6) is 0 Å². The summed E-state index contributed by atoms with van der Waals surface area (Å²) < 4.78 is 16.2. The average Bonchev–Trinajstić information content (AvgIpc) is 2.47. The van der Waals surface area contributed by atoms with Crippen molar-refractivity contribution in [2.24, 2.45) is 0 Å². The van der Waals surface area contributed by atoms with Crippen molar-refractivity contribution < 1.29 is 28.9 Å². The Kier molecular flexibility index (Phi) is 5.96. The van der Waals surface area contributed by atoms with Gasteiger partial charge in [0.25, 0.3) is 0 Å². The third kappa shape index (κ3) is 4.94. The predicted molar refractivity (Wildman–Crippen MR) is 73.0 cm³/mol. The highest BCUT2D eigenvalue weighted by Crippen LogP contribution is 2.14. The van der Waals surface area contributed by atoms with Crippen LogP contribution in [0.25, 0.3) is 0 Å². The first-order valence-electron chi connectivity index (χ1n) is 7.41. The maximum absolute atomic E-state index is 12.1. The van der Waals surface area contributed by atoms with E-state index in [1.165, 1.54) is 0 Å². The van der Waals surface area contributed by atoms with E-state index >= 15 is 0 Å². The van der Waals surface area contributed by atoms with E-state index in [9.17, 15) is 9.59 Å². The molecule has 1 unspecified atom stereocenters. The molecule has 0 aromatic rings. The van der Waals surface area contributed by atoms with Crippen molar-refractivity contribution in [3.8, 4) is 0 Å². The molecule has 7 heteroatoms. The van der Waals surface area contributed by atoms with Gasteiger partial charge in [-0.1, -0.05) is 0 Å². The van der Waals surface area contributed by atoms with Gasteiger partial charge in [0, 0.05) is 19.8 Å². The minimum Gasteiger partial charge on any atom is -0.479 e. The number of carboxylic acids is 1. The molecule has 1 N–H and O–H groups in total. The summed E-state index contributed by atoms with van der Waals surface area (Å²) in [4.78, 5) is 24.7. The molecular weight excluding hydrogens is 278 g/mol. The van der Waals surface area contributed by atoms with Crippen LogP contribution in [0.2, 0.25) is 0 Å². The normalized spacial score (nSPS) is 27.6. The highest BCUT2D eigenvalue weighted by molar-refractivity contribution is 5.78. The first-order valence-corrected chi connectivity index (χ1v) is 7.41. The molecule has 2 saturated heterocycles. The first kappa shape index (κ1) is 16.2. The molecule has 7 nitrogen and oxygen atoms in total. The van der Waals surface area contributed by atoms with Crippen LogP contribution in [0.4, 0.5) is 0 Å².